The van der Waals surface area contributed by atoms with Gasteiger partial charge in [-0.3, -0.25) is 4.79 Å². The molecule has 3 aromatic rings. The van der Waals surface area contributed by atoms with E-state index in [1.807, 2.05) is 0 Å². The van der Waals surface area contributed by atoms with Crippen molar-refractivity contribution in [2.45, 2.75) is 32.5 Å². The highest BCUT2D eigenvalue weighted by Gasteiger charge is 2.45. The Balaban J connectivity index is 1.37. The average molecular weight is 520 g/mol. The number of rotatable bonds is 4. The lowest BCUT2D eigenvalue weighted by atomic mass is 9.98. The number of likely N-dealkylation sites (tertiary alicyclic amines) is 1. The Morgan fingerprint density at radius 1 is 1.03 bits per heavy atom. The number of anilines is 1. The first-order valence-electron chi connectivity index (χ1n) is 11.7. The highest BCUT2D eigenvalue weighted by Crippen LogP contribution is 2.40. The van der Waals surface area contributed by atoms with E-state index in [2.05, 4.69) is 20.2 Å². The van der Waals surface area contributed by atoms with Gasteiger partial charge in [-0.05, 0) is 32.9 Å². The molecule has 2 aliphatic rings. The SMILES string of the molecule is Cc1nc(N2C[C@H]3CN(C(=O)c4c(F)cccc4-n4nccn4)C[C@H]3C2)nc(C(C)(C)O)c1C(F)(F)F. The zero-order chi connectivity index (χ0) is 26.7. The molecule has 5 rings (SSSR count). The van der Waals surface area contributed by atoms with Crippen molar-refractivity contribution in [2.24, 2.45) is 11.8 Å². The summed E-state index contributed by atoms with van der Waals surface area (Å²) in [6.45, 7) is 5.28. The second kappa shape index (κ2) is 8.75. The summed E-state index contributed by atoms with van der Waals surface area (Å²) in [6.07, 6.45) is -1.84. The van der Waals surface area contributed by atoms with Crippen LogP contribution >= 0.6 is 0 Å². The molecule has 0 aliphatic carbocycles. The molecule has 13 heteroatoms. The lowest BCUT2D eigenvalue weighted by molar-refractivity contribution is -0.141. The van der Waals surface area contributed by atoms with Crippen molar-refractivity contribution in [3.8, 4) is 5.69 Å². The van der Waals surface area contributed by atoms with Crippen molar-refractivity contribution in [1.29, 1.82) is 0 Å². The zero-order valence-corrected chi connectivity index (χ0v) is 20.4. The summed E-state index contributed by atoms with van der Waals surface area (Å²) >= 11 is 0. The van der Waals surface area contributed by atoms with Gasteiger partial charge in [0, 0.05) is 38.0 Å². The van der Waals surface area contributed by atoms with E-state index in [-0.39, 0.29) is 34.7 Å². The number of amides is 1. The molecule has 4 heterocycles. The fourth-order valence-electron chi connectivity index (χ4n) is 5.19. The number of alkyl halides is 3. The molecule has 1 N–H and O–H groups in total. The quantitative estimate of drug-likeness (QED) is 0.529. The van der Waals surface area contributed by atoms with Crippen molar-refractivity contribution in [2.75, 3.05) is 31.1 Å². The Kier molecular flexibility index (Phi) is 5.93. The van der Waals surface area contributed by atoms with Gasteiger partial charge in [-0.15, -0.1) is 0 Å². The van der Waals surface area contributed by atoms with Crippen molar-refractivity contribution >= 4 is 11.9 Å². The summed E-state index contributed by atoms with van der Waals surface area (Å²) in [5.41, 5.74) is -3.48. The molecule has 1 amide bonds. The molecule has 0 spiro atoms. The lowest BCUT2D eigenvalue weighted by Crippen LogP contribution is -2.35. The van der Waals surface area contributed by atoms with Crippen LogP contribution in [0.25, 0.3) is 5.69 Å². The number of nitrogens with zero attached hydrogens (tertiary/aromatic N) is 7. The van der Waals surface area contributed by atoms with Gasteiger partial charge in [0.1, 0.15) is 28.2 Å². The van der Waals surface area contributed by atoms with Crippen molar-refractivity contribution < 1.29 is 27.5 Å². The Morgan fingerprint density at radius 3 is 2.22 bits per heavy atom. The van der Waals surface area contributed by atoms with Crippen LogP contribution in [0.4, 0.5) is 23.5 Å². The summed E-state index contributed by atoms with van der Waals surface area (Å²) in [7, 11) is 0. The molecule has 0 saturated carbocycles. The topological polar surface area (TPSA) is 100 Å². The van der Waals surface area contributed by atoms with E-state index < -0.39 is 34.8 Å². The lowest BCUT2D eigenvalue weighted by Gasteiger charge is -2.27. The van der Waals surface area contributed by atoms with Crippen LogP contribution in [-0.2, 0) is 11.8 Å². The van der Waals surface area contributed by atoms with E-state index in [0.29, 0.717) is 26.2 Å². The molecule has 196 valence electrons. The van der Waals surface area contributed by atoms with Crippen molar-refractivity contribution in [3.63, 3.8) is 0 Å². The number of carbonyl (C=O) groups is 1. The minimum Gasteiger partial charge on any atom is -0.384 e. The van der Waals surface area contributed by atoms with E-state index >= 15 is 0 Å². The zero-order valence-electron chi connectivity index (χ0n) is 20.4. The second-order valence-electron chi connectivity index (χ2n) is 9.98. The largest absolute Gasteiger partial charge is 0.420 e. The highest BCUT2D eigenvalue weighted by atomic mass is 19.4. The molecule has 0 unspecified atom stereocenters. The average Bonchev–Trinajstić information content (AvgIpc) is 3.53. The number of hydrogen-bond donors (Lipinski definition) is 1. The summed E-state index contributed by atoms with van der Waals surface area (Å²) in [6, 6.07) is 4.26. The summed E-state index contributed by atoms with van der Waals surface area (Å²) < 4.78 is 55.8. The number of aromatic nitrogens is 5. The highest BCUT2D eigenvalue weighted by molar-refractivity contribution is 5.98. The number of aliphatic hydroxyl groups is 1. The van der Waals surface area contributed by atoms with Gasteiger partial charge in [0.15, 0.2) is 0 Å². The number of fused-ring (bicyclic) bond motifs is 1. The van der Waals surface area contributed by atoms with E-state index in [9.17, 15) is 27.5 Å². The molecule has 0 bridgehead atoms. The minimum atomic E-state index is -4.71. The van der Waals surface area contributed by atoms with Gasteiger partial charge in [-0.2, -0.15) is 28.2 Å². The van der Waals surface area contributed by atoms with Gasteiger partial charge in [-0.25, -0.2) is 14.4 Å². The first-order valence-corrected chi connectivity index (χ1v) is 11.7. The summed E-state index contributed by atoms with van der Waals surface area (Å²) in [4.78, 5) is 26.1. The Morgan fingerprint density at radius 2 is 1.65 bits per heavy atom. The third kappa shape index (κ3) is 4.52. The van der Waals surface area contributed by atoms with E-state index in [4.69, 9.17) is 0 Å². The molecule has 2 aliphatic heterocycles. The van der Waals surface area contributed by atoms with Gasteiger partial charge in [0.2, 0.25) is 5.95 Å². The van der Waals surface area contributed by atoms with Crippen LogP contribution in [0.3, 0.4) is 0 Å². The van der Waals surface area contributed by atoms with E-state index in [1.165, 1.54) is 50.1 Å². The van der Waals surface area contributed by atoms with Crippen LogP contribution in [0.1, 0.15) is 41.2 Å². The maximum Gasteiger partial charge on any atom is 0.420 e. The fourth-order valence-corrected chi connectivity index (χ4v) is 5.19. The van der Waals surface area contributed by atoms with Gasteiger partial charge >= 0.3 is 6.18 Å². The summed E-state index contributed by atoms with van der Waals surface area (Å²) in [5, 5.41) is 18.4. The number of halogens is 4. The predicted molar refractivity (Wildman–Crippen MR) is 123 cm³/mol. The number of hydrogen-bond acceptors (Lipinski definition) is 7. The Labute approximate surface area is 209 Å². The molecule has 0 radical (unpaired) electrons. The standard InChI is InChI=1S/C24H25F4N7O2/c1-13-19(24(26,27)28)20(23(2,3)37)32-22(31-13)34-11-14-9-33(10-15(14)12-34)21(36)18-16(25)5-4-6-17(18)35-29-7-8-30-35/h4-8,14-15,37H,9-12H2,1-3H3/t14-,15+. The van der Waals surface area contributed by atoms with Gasteiger partial charge in [0.05, 0.1) is 23.8 Å². The van der Waals surface area contributed by atoms with E-state index in [1.54, 1.807) is 15.9 Å². The molecule has 9 nitrogen and oxygen atoms in total. The fraction of sp³-hybridized carbons (Fsp3) is 0.458. The smallest absolute Gasteiger partial charge is 0.384 e. The van der Waals surface area contributed by atoms with Gasteiger partial charge < -0.3 is 14.9 Å². The van der Waals surface area contributed by atoms with Crippen LogP contribution in [-0.4, -0.2) is 67.1 Å². The third-order valence-corrected chi connectivity index (χ3v) is 6.84. The van der Waals surface area contributed by atoms with E-state index in [0.717, 1.165) is 0 Å². The maximum atomic E-state index is 14.8. The number of benzene rings is 1. The monoisotopic (exact) mass is 519 g/mol. The molecule has 2 atom stereocenters. The molecule has 37 heavy (non-hydrogen) atoms. The molecular formula is C24H25F4N7O2. The van der Waals surface area contributed by atoms with Crippen LogP contribution in [0, 0.1) is 24.6 Å². The minimum absolute atomic E-state index is 0.00112. The number of carbonyl (C=O) groups excluding carboxylic acids is 1. The van der Waals surface area contributed by atoms with Gasteiger partial charge in [-0.1, -0.05) is 6.07 Å². The first-order chi connectivity index (χ1) is 17.3. The molecule has 2 fully saturated rings. The van der Waals surface area contributed by atoms with Crippen LogP contribution < -0.4 is 4.90 Å². The maximum absolute atomic E-state index is 14.8. The first kappa shape index (κ1) is 25.1. The molecule has 1 aromatic carbocycles. The third-order valence-electron chi connectivity index (χ3n) is 6.84. The van der Waals surface area contributed by atoms with Gasteiger partial charge in [0.25, 0.3) is 5.91 Å². The Hall–Kier alpha value is -3.61. The molecule has 2 aromatic heterocycles. The summed E-state index contributed by atoms with van der Waals surface area (Å²) in [5.74, 6) is -1.04. The van der Waals surface area contributed by atoms with Crippen LogP contribution in [0.2, 0.25) is 0 Å². The van der Waals surface area contributed by atoms with Crippen molar-refractivity contribution in [1.82, 2.24) is 29.9 Å². The molecular weight excluding hydrogens is 494 g/mol. The van der Waals surface area contributed by atoms with Crippen molar-refractivity contribution in [3.05, 3.63) is 58.9 Å². The molecule has 2 saturated heterocycles. The predicted octanol–water partition coefficient (Wildman–Crippen LogP) is 2.96. The Bertz CT molecular complexity index is 1320. The van der Waals surface area contributed by atoms with Crippen LogP contribution in [0.5, 0.6) is 0 Å². The normalized spacial score (nSPS) is 20.0. The second-order valence-corrected chi connectivity index (χ2v) is 9.98. The van der Waals surface area contributed by atoms with Crippen LogP contribution in [0.15, 0.2) is 30.6 Å². The number of aryl methyl sites for hydroxylation is 1.